The molecule has 0 bridgehead atoms. The molecule has 0 radical (unpaired) electrons. The van der Waals surface area contributed by atoms with Crippen LogP contribution >= 0.6 is 0 Å². The summed E-state index contributed by atoms with van der Waals surface area (Å²) in [6.07, 6.45) is 4.34. The van der Waals surface area contributed by atoms with E-state index in [0.29, 0.717) is 5.56 Å². The highest BCUT2D eigenvalue weighted by Crippen LogP contribution is 2.04. The average molecular weight is 173 g/mol. The van der Waals surface area contributed by atoms with E-state index in [9.17, 15) is 0 Å². The fourth-order valence-electron chi connectivity index (χ4n) is 0.899. The molecule has 1 rings (SSSR count). The lowest BCUT2D eigenvalue weighted by molar-refractivity contribution is 1.05. The van der Waals surface area contributed by atoms with E-state index >= 15 is 0 Å². The largest absolute Gasteiger partial charge is 0.370 e. The van der Waals surface area contributed by atoms with Crippen molar-refractivity contribution < 1.29 is 0 Å². The average Bonchev–Trinajstić information content (AvgIpc) is 2.19. The van der Waals surface area contributed by atoms with Gasteiger partial charge in [-0.15, -0.1) is 6.58 Å². The van der Waals surface area contributed by atoms with Crippen LogP contribution in [0, 0.1) is 11.3 Å². The van der Waals surface area contributed by atoms with E-state index in [1.54, 1.807) is 18.3 Å². The van der Waals surface area contributed by atoms with Crippen LogP contribution in [-0.2, 0) is 0 Å². The molecule has 0 aliphatic heterocycles. The molecule has 0 saturated carbocycles. The van der Waals surface area contributed by atoms with Gasteiger partial charge in [-0.25, -0.2) is 4.98 Å². The molecule has 3 nitrogen and oxygen atoms in total. The maximum absolute atomic E-state index is 8.61. The number of nitrogens with one attached hydrogen (secondary N) is 1. The Kier molecular flexibility index (Phi) is 3.52. The Balaban J connectivity index is 2.57. The number of anilines is 1. The molecule has 0 aliphatic carbocycles. The SMILES string of the molecule is C=CCCNc1cc(C#N)ccn1. The molecule has 3 heteroatoms. The van der Waals surface area contributed by atoms with Crippen LogP contribution in [0.25, 0.3) is 0 Å². The second-order valence-corrected chi connectivity index (χ2v) is 2.55. The highest BCUT2D eigenvalue weighted by atomic mass is 15.0. The number of hydrogen-bond donors (Lipinski definition) is 1. The predicted molar refractivity (Wildman–Crippen MR) is 52.3 cm³/mol. The van der Waals surface area contributed by atoms with Crippen LogP contribution in [0.2, 0.25) is 0 Å². The Morgan fingerprint density at radius 1 is 1.69 bits per heavy atom. The second kappa shape index (κ2) is 4.94. The van der Waals surface area contributed by atoms with E-state index in [-0.39, 0.29) is 0 Å². The van der Waals surface area contributed by atoms with Crippen molar-refractivity contribution >= 4 is 5.82 Å². The molecule has 0 spiro atoms. The van der Waals surface area contributed by atoms with Crippen molar-refractivity contribution in [2.24, 2.45) is 0 Å². The maximum atomic E-state index is 8.61. The molecule has 0 aliphatic rings. The highest BCUT2D eigenvalue weighted by molar-refractivity contribution is 5.42. The van der Waals surface area contributed by atoms with Crippen LogP contribution < -0.4 is 5.32 Å². The van der Waals surface area contributed by atoms with Gasteiger partial charge in [0.1, 0.15) is 5.82 Å². The molecular formula is C10H11N3. The predicted octanol–water partition coefficient (Wildman–Crippen LogP) is 1.94. The standard InChI is InChI=1S/C10H11N3/c1-2-3-5-12-10-7-9(8-11)4-6-13-10/h2,4,6-7H,1,3,5H2,(H,12,13). The number of pyridine rings is 1. The van der Waals surface area contributed by atoms with E-state index in [4.69, 9.17) is 5.26 Å². The van der Waals surface area contributed by atoms with Crippen molar-refractivity contribution in [3.8, 4) is 6.07 Å². The number of aromatic nitrogens is 1. The zero-order chi connectivity index (χ0) is 9.52. The minimum Gasteiger partial charge on any atom is -0.370 e. The van der Waals surface area contributed by atoms with Gasteiger partial charge >= 0.3 is 0 Å². The van der Waals surface area contributed by atoms with E-state index in [2.05, 4.69) is 22.9 Å². The van der Waals surface area contributed by atoms with Gasteiger partial charge in [-0.05, 0) is 18.6 Å². The normalized spacial score (nSPS) is 8.85. The van der Waals surface area contributed by atoms with Crippen molar-refractivity contribution in [1.82, 2.24) is 4.98 Å². The summed E-state index contributed by atoms with van der Waals surface area (Å²) in [5.74, 6) is 0.737. The quantitative estimate of drug-likeness (QED) is 0.559. The molecule has 0 fully saturated rings. The zero-order valence-electron chi connectivity index (χ0n) is 7.33. The number of rotatable bonds is 4. The second-order valence-electron chi connectivity index (χ2n) is 2.55. The van der Waals surface area contributed by atoms with Crippen LogP contribution in [0.1, 0.15) is 12.0 Å². The van der Waals surface area contributed by atoms with Gasteiger partial charge in [-0.3, -0.25) is 0 Å². The summed E-state index contributed by atoms with van der Waals surface area (Å²) in [4.78, 5) is 4.06. The summed E-state index contributed by atoms with van der Waals surface area (Å²) in [6.45, 7) is 4.41. The first-order valence-corrected chi connectivity index (χ1v) is 4.07. The first-order valence-electron chi connectivity index (χ1n) is 4.07. The lowest BCUT2D eigenvalue weighted by Crippen LogP contribution is -2.01. The Morgan fingerprint density at radius 3 is 3.23 bits per heavy atom. The number of hydrogen-bond acceptors (Lipinski definition) is 3. The van der Waals surface area contributed by atoms with E-state index in [1.165, 1.54) is 0 Å². The van der Waals surface area contributed by atoms with Gasteiger partial charge in [0.25, 0.3) is 0 Å². The van der Waals surface area contributed by atoms with Crippen LogP contribution in [0.15, 0.2) is 31.0 Å². The Labute approximate surface area is 77.7 Å². The van der Waals surface area contributed by atoms with Crippen LogP contribution in [0.4, 0.5) is 5.82 Å². The van der Waals surface area contributed by atoms with Crippen molar-refractivity contribution in [3.63, 3.8) is 0 Å². The maximum Gasteiger partial charge on any atom is 0.127 e. The third-order valence-electron chi connectivity index (χ3n) is 1.54. The van der Waals surface area contributed by atoms with Crippen molar-refractivity contribution in [2.75, 3.05) is 11.9 Å². The fraction of sp³-hybridized carbons (Fsp3) is 0.200. The first-order chi connectivity index (χ1) is 6.36. The van der Waals surface area contributed by atoms with Crippen molar-refractivity contribution in [2.45, 2.75) is 6.42 Å². The van der Waals surface area contributed by atoms with Crippen molar-refractivity contribution in [1.29, 1.82) is 5.26 Å². The van der Waals surface area contributed by atoms with Crippen LogP contribution in [0.3, 0.4) is 0 Å². The molecule has 0 aromatic carbocycles. The van der Waals surface area contributed by atoms with Gasteiger partial charge in [0.05, 0.1) is 11.6 Å². The monoisotopic (exact) mass is 173 g/mol. The lowest BCUT2D eigenvalue weighted by Gasteiger charge is -2.02. The molecule has 0 unspecified atom stereocenters. The van der Waals surface area contributed by atoms with Gasteiger partial charge in [0.15, 0.2) is 0 Å². The summed E-state index contributed by atoms with van der Waals surface area (Å²) in [6, 6.07) is 5.46. The molecule has 1 heterocycles. The summed E-state index contributed by atoms with van der Waals surface area (Å²) < 4.78 is 0. The number of nitrogens with zero attached hydrogens (tertiary/aromatic N) is 2. The van der Waals surface area contributed by atoms with E-state index in [0.717, 1.165) is 18.8 Å². The van der Waals surface area contributed by atoms with Gasteiger partial charge in [0, 0.05) is 12.7 Å². The van der Waals surface area contributed by atoms with Crippen LogP contribution in [-0.4, -0.2) is 11.5 Å². The smallest absolute Gasteiger partial charge is 0.127 e. The fourth-order valence-corrected chi connectivity index (χ4v) is 0.899. The van der Waals surface area contributed by atoms with Gasteiger partial charge in [-0.1, -0.05) is 6.08 Å². The molecular weight excluding hydrogens is 162 g/mol. The molecule has 1 N–H and O–H groups in total. The summed E-state index contributed by atoms with van der Waals surface area (Å²) in [7, 11) is 0. The Morgan fingerprint density at radius 2 is 2.54 bits per heavy atom. The third-order valence-corrected chi connectivity index (χ3v) is 1.54. The van der Waals surface area contributed by atoms with Gasteiger partial charge in [0.2, 0.25) is 0 Å². The molecule has 0 atom stereocenters. The van der Waals surface area contributed by atoms with E-state index < -0.39 is 0 Å². The Hall–Kier alpha value is -1.82. The summed E-state index contributed by atoms with van der Waals surface area (Å²) in [5, 5.41) is 11.7. The summed E-state index contributed by atoms with van der Waals surface area (Å²) >= 11 is 0. The molecule has 0 saturated heterocycles. The van der Waals surface area contributed by atoms with Gasteiger partial charge in [-0.2, -0.15) is 5.26 Å². The van der Waals surface area contributed by atoms with Gasteiger partial charge < -0.3 is 5.32 Å². The van der Waals surface area contributed by atoms with Crippen LogP contribution in [0.5, 0.6) is 0 Å². The summed E-state index contributed by atoms with van der Waals surface area (Å²) in [5.41, 5.74) is 0.621. The minimum absolute atomic E-state index is 0.621. The first kappa shape index (κ1) is 9.27. The third kappa shape index (κ3) is 2.96. The molecule has 1 aromatic heterocycles. The lowest BCUT2D eigenvalue weighted by atomic mass is 10.3. The zero-order valence-corrected chi connectivity index (χ0v) is 7.33. The highest BCUT2D eigenvalue weighted by Gasteiger charge is 1.93. The molecule has 0 amide bonds. The number of nitriles is 1. The molecule has 1 aromatic rings. The minimum atomic E-state index is 0.621. The molecule has 66 valence electrons. The molecule has 13 heavy (non-hydrogen) atoms. The Bertz CT molecular complexity index is 325. The van der Waals surface area contributed by atoms with Crippen molar-refractivity contribution in [3.05, 3.63) is 36.5 Å². The van der Waals surface area contributed by atoms with E-state index in [1.807, 2.05) is 6.08 Å². The topological polar surface area (TPSA) is 48.7 Å².